The fourth-order valence-electron chi connectivity index (χ4n) is 2.55. The summed E-state index contributed by atoms with van der Waals surface area (Å²) < 4.78 is 5.84. The van der Waals surface area contributed by atoms with Gasteiger partial charge in [-0.25, -0.2) is 0 Å². The number of aryl methyl sites for hydroxylation is 1. The highest BCUT2D eigenvalue weighted by Gasteiger charge is 2.20. The first kappa shape index (κ1) is 20.2. The summed E-state index contributed by atoms with van der Waals surface area (Å²) >= 11 is 0. The van der Waals surface area contributed by atoms with E-state index >= 15 is 0 Å². The van der Waals surface area contributed by atoms with Gasteiger partial charge in [-0.05, 0) is 42.7 Å². The van der Waals surface area contributed by atoms with Crippen LogP contribution in [0.15, 0.2) is 61.2 Å². The van der Waals surface area contributed by atoms with Gasteiger partial charge in [0.05, 0.1) is 11.3 Å². The molecule has 142 valence electrons. The second-order valence-corrected chi connectivity index (χ2v) is 6.05. The molecule has 2 rings (SSSR count). The molecule has 0 radical (unpaired) electrons. The Morgan fingerprint density at radius 1 is 1.11 bits per heavy atom. The van der Waals surface area contributed by atoms with Crippen LogP contribution < -0.4 is 15.4 Å². The molecule has 0 saturated heterocycles. The van der Waals surface area contributed by atoms with E-state index in [1.165, 1.54) is 5.56 Å². The number of carbonyl (C=O) groups excluding carboxylic acids is 2. The number of para-hydroxylation sites is 1. The molecule has 0 unspecified atom stereocenters. The van der Waals surface area contributed by atoms with Crippen LogP contribution in [0, 0.1) is 0 Å². The largest absolute Gasteiger partial charge is 0.481 e. The molecule has 1 atom stereocenters. The van der Waals surface area contributed by atoms with Gasteiger partial charge in [0.15, 0.2) is 6.10 Å². The lowest BCUT2D eigenvalue weighted by molar-refractivity contribution is -0.122. The number of benzene rings is 2. The molecule has 0 aromatic heterocycles. The van der Waals surface area contributed by atoms with Gasteiger partial charge >= 0.3 is 0 Å². The maximum Gasteiger partial charge on any atom is 0.265 e. The lowest BCUT2D eigenvalue weighted by Crippen LogP contribution is -2.33. The Morgan fingerprint density at radius 3 is 2.44 bits per heavy atom. The highest BCUT2D eigenvalue weighted by Crippen LogP contribution is 2.19. The number of amides is 2. The van der Waals surface area contributed by atoms with Crippen LogP contribution in [0.4, 0.5) is 5.69 Å². The minimum atomic E-state index is -0.651. The summed E-state index contributed by atoms with van der Waals surface area (Å²) in [4.78, 5) is 24.9. The molecule has 2 aromatic rings. The number of hydrogen-bond acceptors (Lipinski definition) is 3. The number of nitrogens with one attached hydrogen (secondary N) is 2. The quantitative estimate of drug-likeness (QED) is 0.660. The molecule has 0 bridgehead atoms. The number of rotatable bonds is 9. The Balaban J connectivity index is 2.09. The average Bonchev–Trinajstić information content (AvgIpc) is 2.70. The molecule has 0 fully saturated rings. The summed E-state index contributed by atoms with van der Waals surface area (Å²) in [5.41, 5.74) is 2.06. The topological polar surface area (TPSA) is 67.4 Å². The summed E-state index contributed by atoms with van der Waals surface area (Å²) in [6.45, 7) is 7.90. The van der Waals surface area contributed by atoms with Crippen molar-refractivity contribution in [1.82, 2.24) is 5.32 Å². The van der Waals surface area contributed by atoms with E-state index in [1.807, 2.05) is 31.2 Å². The predicted molar refractivity (Wildman–Crippen MR) is 108 cm³/mol. The monoisotopic (exact) mass is 366 g/mol. The van der Waals surface area contributed by atoms with E-state index < -0.39 is 6.10 Å². The van der Waals surface area contributed by atoms with Crippen LogP contribution in [0.25, 0.3) is 0 Å². The lowest BCUT2D eigenvalue weighted by atomic mass is 10.1. The van der Waals surface area contributed by atoms with Gasteiger partial charge in [-0.1, -0.05) is 44.2 Å². The molecule has 0 aliphatic carbocycles. The van der Waals surface area contributed by atoms with Gasteiger partial charge in [-0.3, -0.25) is 9.59 Å². The Labute approximate surface area is 160 Å². The van der Waals surface area contributed by atoms with Crippen molar-refractivity contribution in [3.05, 3.63) is 72.3 Å². The zero-order valence-corrected chi connectivity index (χ0v) is 15.8. The summed E-state index contributed by atoms with van der Waals surface area (Å²) in [5.74, 6) is 0.0853. The molecule has 0 aliphatic heterocycles. The summed E-state index contributed by atoms with van der Waals surface area (Å²) in [7, 11) is 0. The highest BCUT2D eigenvalue weighted by molar-refractivity contribution is 6.04. The Kier molecular flexibility index (Phi) is 7.62. The zero-order chi connectivity index (χ0) is 19.6. The van der Waals surface area contributed by atoms with Crippen LogP contribution in [-0.4, -0.2) is 24.5 Å². The number of hydrogen-bond donors (Lipinski definition) is 2. The third-order valence-corrected chi connectivity index (χ3v) is 4.11. The zero-order valence-electron chi connectivity index (χ0n) is 15.8. The van der Waals surface area contributed by atoms with E-state index in [9.17, 15) is 9.59 Å². The second-order valence-electron chi connectivity index (χ2n) is 6.05. The minimum Gasteiger partial charge on any atom is -0.481 e. The van der Waals surface area contributed by atoms with Crippen molar-refractivity contribution < 1.29 is 14.3 Å². The molecule has 2 aromatic carbocycles. The molecule has 0 heterocycles. The first-order chi connectivity index (χ1) is 13.1. The minimum absolute atomic E-state index is 0.269. The van der Waals surface area contributed by atoms with E-state index in [4.69, 9.17) is 4.74 Å². The molecule has 2 N–H and O–H groups in total. The Morgan fingerprint density at radius 2 is 1.81 bits per heavy atom. The van der Waals surface area contributed by atoms with Gasteiger partial charge in [0.1, 0.15) is 5.75 Å². The first-order valence-electron chi connectivity index (χ1n) is 9.13. The van der Waals surface area contributed by atoms with Crippen molar-refractivity contribution in [2.75, 3.05) is 11.9 Å². The fraction of sp³-hybridized carbons (Fsp3) is 0.273. The fourth-order valence-corrected chi connectivity index (χ4v) is 2.55. The molecule has 27 heavy (non-hydrogen) atoms. The smallest absolute Gasteiger partial charge is 0.265 e. The molecule has 5 nitrogen and oxygen atoms in total. The molecule has 5 heteroatoms. The maximum absolute atomic E-state index is 12.7. The van der Waals surface area contributed by atoms with Crippen molar-refractivity contribution in [1.29, 1.82) is 0 Å². The Hall–Kier alpha value is -3.08. The second kappa shape index (κ2) is 10.2. The number of carbonyl (C=O) groups is 2. The lowest BCUT2D eigenvalue weighted by Gasteiger charge is -2.18. The third-order valence-electron chi connectivity index (χ3n) is 4.11. The van der Waals surface area contributed by atoms with Crippen molar-refractivity contribution in [2.24, 2.45) is 0 Å². The molecule has 2 amide bonds. The van der Waals surface area contributed by atoms with E-state index in [0.717, 1.165) is 6.42 Å². The van der Waals surface area contributed by atoms with Crippen molar-refractivity contribution >= 4 is 17.5 Å². The molecule has 0 saturated carbocycles. The first-order valence-corrected chi connectivity index (χ1v) is 9.13. The van der Waals surface area contributed by atoms with Crippen LogP contribution in [-0.2, 0) is 11.2 Å². The van der Waals surface area contributed by atoms with Gasteiger partial charge in [-0.15, -0.1) is 6.58 Å². The van der Waals surface area contributed by atoms with E-state index in [-0.39, 0.29) is 11.8 Å². The summed E-state index contributed by atoms with van der Waals surface area (Å²) in [5, 5.41) is 5.53. The Bertz CT molecular complexity index is 784. The van der Waals surface area contributed by atoms with Gasteiger partial charge in [0, 0.05) is 6.54 Å². The van der Waals surface area contributed by atoms with Crippen LogP contribution in [0.5, 0.6) is 5.75 Å². The number of ether oxygens (including phenoxy) is 1. The average molecular weight is 366 g/mol. The molecule has 0 aliphatic rings. The summed E-state index contributed by atoms with van der Waals surface area (Å²) in [6, 6.07) is 14.6. The van der Waals surface area contributed by atoms with Crippen LogP contribution in [0.2, 0.25) is 0 Å². The number of anilines is 1. The maximum atomic E-state index is 12.7. The molecule has 0 spiro atoms. The van der Waals surface area contributed by atoms with Crippen LogP contribution >= 0.6 is 0 Å². The van der Waals surface area contributed by atoms with Crippen molar-refractivity contribution in [3.63, 3.8) is 0 Å². The van der Waals surface area contributed by atoms with E-state index in [2.05, 4.69) is 24.1 Å². The van der Waals surface area contributed by atoms with Crippen LogP contribution in [0.3, 0.4) is 0 Å². The van der Waals surface area contributed by atoms with Crippen molar-refractivity contribution in [2.45, 2.75) is 32.8 Å². The van der Waals surface area contributed by atoms with E-state index in [1.54, 1.807) is 30.3 Å². The highest BCUT2D eigenvalue weighted by atomic mass is 16.5. The normalized spacial score (nSPS) is 11.3. The van der Waals surface area contributed by atoms with Gasteiger partial charge in [0.2, 0.25) is 0 Å². The third kappa shape index (κ3) is 5.71. The summed E-state index contributed by atoms with van der Waals surface area (Å²) in [6.07, 6.45) is 2.40. The van der Waals surface area contributed by atoms with E-state index in [0.29, 0.717) is 30.0 Å². The van der Waals surface area contributed by atoms with Gasteiger partial charge < -0.3 is 15.4 Å². The molecular weight excluding hydrogens is 340 g/mol. The SMILES string of the molecule is C=CCNC(=O)c1ccccc1NC(=O)[C@@H](CC)Oc1ccc(CC)cc1. The van der Waals surface area contributed by atoms with Crippen LogP contribution in [0.1, 0.15) is 36.2 Å². The van der Waals surface area contributed by atoms with Gasteiger partial charge in [0.25, 0.3) is 11.8 Å². The molecular formula is C22H26N2O3. The van der Waals surface area contributed by atoms with Gasteiger partial charge in [-0.2, -0.15) is 0 Å². The van der Waals surface area contributed by atoms with Crippen molar-refractivity contribution in [3.8, 4) is 5.75 Å². The predicted octanol–water partition coefficient (Wildman–Crippen LogP) is 3.96. The standard InChI is InChI=1S/C22H26N2O3/c1-4-15-23-21(25)18-9-7-8-10-19(18)24-22(26)20(6-3)27-17-13-11-16(5-2)12-14-17/h4,7-14,20H,1,5-6,15H2,2-3H3,(H,23,25)(H,24,26)/t20-/m1/s1.